The predicted molar refractivity (Wildman–Crippen MR) is 38.7 cm³/mol. The summed E-state index contributed by atoms with van der Waals surface area (Å²) in [6.45, 7) is -0.541. The molecular weight excluding hydrogens is 172 g/mol. The van der Waals surface area contributed by atoms with Crippen LogP contribution in [0.1, 0.15) is 6.42 Å². The van der Waals surface area contributed by atoms with Crippen molar-refractivity contribution in [1.82, 2.24) is 0 Å². The van der Waals surface area contributed by atoms with Crippen LogP contribution in [0.3, 0.4) is 0 Å². The summed E-state index contributed by atoms with van der Waals surface area (Å²) in [5.41, 5.74) is 0. The van der Waals surface area contributed by atoms with Crippen molar-refractivity contribution in [2.45, 2.75) is 6.42 Å². The van der Waals surface area contributed by atoms with Gasteiger partial charge in [0.2, 0.25) is 0 Å². The molecule has 6 heteroatoms. The molecule has 5 nitrogen and oxygen atoms in total. The van der Waals surface area contributed by atoms with E-state index in [1.165, 1.54) is 0 Å². The summed E-state index contributed by atoms with van der Waals surface area (Å²) in [7, 11) is -4.03. The zero-order valence-corrected chi connectivity index (χ0v) is 6.79. The molecule has 0 amide bonds. The molecule has 0 rings (SSSR count). The molecule has 0 aliphatic rings. The van der Waals surface area contributed by atoms with Crippen LogP contribution in [0.15, 0.2) is 0 Å². The smallest absolute Gasteiger partial charge is 0.265 e. The summed E-state index contributed by atoms with van der Waals surface area (Å²) in [6.07, 6.45) is 0.177. The molecule has 0 heterocycles. The van der Waals surface area contributed by atoms with Crippen molar-refractivity contribution < 1.29 is 23.2 Å². The second kappa shape index (κ2) is 4.66. The van der Waals surface area contributed by atoms with Gasteiger partial charge in [0.25, 0.3) is 10.1 Å². The second-order valence-corrected chi connectivity index (χ2v) is 3.81. The van der Waals surface area contributed by atoms with Gasteiger partial charge in [0, 0.05) is 19.1 Å². The van der Waals surface area contributed by atoms with Gasteiger partial charge in [0.15, 0.2) is 0 Å². The van der Waals surface area contributed by atoms with Gasteiger partial charge in [0.05, 0.1) is 5.75 Å². The first-order valence-electron chi connectivity index (χ1n) is 3.16. The number of aliphatic hydroxyl groups excluding tert-OH is 2. The van der Waals surface area contributed by atoms with Gasteiger partial charge in [0.1, 0.15) is 0 Å². The fourth-order valence-corrected chi connectivity index (χ4v) is 1.58. The van der Waals surface area contributed by atoms with Crippen molar-refractivity contribution in [1.29, 1.82) is 0 Å². The lowest BCUT2D eigenvalue weighted by Gasteiger charge is -2.08. The molecule has 0 aromatic heterocycles. The van der Waals surface area contributed by atoms with Crippen molar-refractivity contribution in [3.63, 3.8) is 0 Å². The quantitative estimate of drug-likeness (QED) is 0.470. The van der Waals surface area contributed by atoms with Crippen molar-refractivity contribution in [2.24, 2.45) is 5.92 Å². The minimum atomic E-state index is -4.03. The Morgan fingerprint density at radius 1 is 1.27 bits per heavy atom. The van der Waals surface area contributed by atoms with Crippen LogP contribution in [0.2, 0.25) is 0 Å². The summed E-state index contributed by atoms with van der Waals surface area (Å²) >= 11 is 0. The maximum atomic E-state index is 10.2. The Bertz CT molecular complexity index is 185. The van der Waals surface area contributed by atoms with E-state index in [-0.39, 0.29) is 19.6 Å². The summed E-state index contributed by atoms with van der Waals surface area (Å²) in [5.74, 6) is -1.07. The highest BCUT2D eigenvalue weighted by Gasteiger charge is 2.14. The minimum Gasteiger partial charge on any atom is -0.396 e. The zero-order valence-electron chi connectivity index (χ0n) is 5.97. The zero-order chi connectivity index (χ0) is 8.91. The number of hydrogen-bond acceptors (Lipinski definition) is 4. The van der Waals surface area contributed by atoms with Crippen molar-refractivity contribution in [2.75, 3.05) is 19.0 Å². The average Bonchev–Trinajstić information content (AvgIpc) is 1.84. The molecule has 11 heavy (non-hydrogen) atoms. The summed E-state index contributed by atoms with van der Waals surface area (Å²) in [4.78, 5) is 0. The van der Waals surface area contributed by atoms with Gasteiger partial charge < -0.3 is 10.2 Å². The molecular formula is C5H12O5S. The third-order valence-electron chi connectivity index (χ3n) is 1.24. The predicted octanol–water partition coefficient (Wildman–Crippen LogP) is -1.13. The SMILES string of the molecule is O=S(=O)(O)CC(CO)CCO. The fourth-order valence-electron chi connectivity index (χ4n) is 0.708. The summed E-state index contributed by atoms with van der Waals surface area (Å²) in [6, 6.07) is 0. The van der Waals surface area contributed by atoms with E-state index in [1.54, 1.807) is 0 Å². The van der Waals surface area contributed by atoms with E-state index in [4.69, 9.17) is 14.8 Å². The van der Waals surface area contributed by atoms with Crippen LogP contribution in [-0.4, -0.2) is 42.2 Å². The lowest BCUT2D eigenvalue weighted by Crippen LogP contribution is -2.19. The van der Waals surface area contributed by atoms with Crippen LogP contribution in [0, 0.1) is 5.92 Å². The third kappa shape index (κ3) is 6.24. The largest absolute Gasteiger partial charge is 0.396 e. The number of hydrogen-bond donors (Lipinski definition) is 3. The first-order valence-corrected chi connectivity index (χ1v) is 4.77. The van der Waals surface area contributed by atoms with Crippen LogP contribution >= 0.6 is 0 Å². The van der Waals surface area contributed by atoms with Crippen LogP contribution in [0.4, 0.5) is 0 Å². The lowest BCUT2D eigenvalue weighted by atomic mass is 10.1. The summed E-state index contributed by atoms with van der Waals surface area (Å²) < 4.78 is 28.8. The lowest BCUT2D eigenvalue weighted by molar-refractivity contribution is 0.194. The first-order chi connectivity index (χ1) is 4.99. The standard InChI is InChI=1S/C5H12O5S/c6-2-1-5(3-7)4-11(8,9)10/h5-7H,1-4H2,(H,8,9,10). The van der Waals surface area contributed by atoms with E-state index >= 15 is 0 Å². The molecule has 0 bridgehead atoms. The number of rotatable bonds is 5. The van der Waals surface area contributed by atoms with E-state index in [2.05, 4.69) is 0 Å². The Kier molecular flexibility index (Phi) is 4.58. The maximum absolute atomic E-state index is 10.2. The van der Waals surface area contributed by atoms with Gasteiger partial charge in [-0.05, 0) is 6.42 Å². The summed E-state index contributed by atoms with van der Waals surface area (Å²) in [5, 5.41) is 16.9. The molecule has 0 saturated heterocycles. The monoisotopic (exact) mass is 184 g/mol. The van der Waals surface area contributed by atoms with E-state index in [9.17, 15) is 8.42 Å². The second-order valence-electron chi connectivity index (χ2n) is 2.31. The highest BCUT2D eigenvalue weighted by atomic mass is 32.2. The van der Waals surface area contributed by atoms with Gasteiger partial charge in [-0.25, -0.2) is 0 Å². The molecule has 0 fully saturated rings. The van der Waals surface area contributed by atoms with Gasteiger partial charge in [-0.15, -0.1) is 0 Å². The van der Waals surface area contributed by atoms with Crippen LogP contribution in [0.5, 0.6) is 0 Å². The molecule has 68 valence electrons. The molecule has 3 N–H and O–H groups in total. The van der Waals surface area contributed by atoms with Gasteiger partial charge in [-0.2, -0.15) is 8.42 Å². The van der Waals surface area contributed by atoms with Crippen molar-refractivity contribution in [3.05, 3.63) is 0 Å². The highest BCUT2D eigenvalue weighted by molar-refractivity contribution is 7.85. The fraction of sp³-hybridized carbons (Fsp3) is 1.00. The van der Waals surface area contributed by atoms with E-state index < -0.39 is 21.8 Å². The van der Waals surface area contributed by atoms with Gasteiger partial charge >= 0.3 is 0 Å². The maximum Gasteiger partial charge on any atom is 0.265 e. The Balaban J connectivity index is 3.88. The molecule has 1 atom stereocenters. The van der Waals surface area contributed by atoms with Gasteiger partial charge in [-0.3, -0.25) is 4.55 Å². The Hall–Kier alpha value is -0.170. The first kappa shape index (κ1) is 10.8. The molecule has 0 aromatic rings. The molecule has 0 saturated carbocycles. The topological polar surface area (TPSA) is 94.8 Å². The Morgan fingerprint density at radius 3 is 2.09 bits per heavy atom. The molecule has 0 radical (unpaired) electrons. The molecule has 0 aromatic carbocycles. The van der Waals surface area contributed by atoms with Crippen LogP contribution in [-0.2, 0) is 10.1 Å². The normalized spacial score (nSPS) is 14.8. The van der Waals surface area contributed by atoms with Gasteiger partial charge in [-0.1, -0.05) is 0 Å². The Morgan fingerprint density at radius 2 is 1.82 bits per heavy atom. The molecule has 1 unspecified atom stereocenters. The number of aliphatic hydroxyl groups is 2. The van der Waals surface area contributed by atoms with E-state index in [0.717, 1.165) is 0 Å². The van der Waals surface area contributed by atoms with Crippen molar-refractivity contribution in [3.8, 4) is 0 Å². The molecule has 0 aliphatic carbocycles. The third-order valence-corrected chi connectivity index (χ3v) is 2.13. The van der Waals surface area contributed by atoms with E-state index in [1.807, 2.05) is 0 Å². The van der Waals surface area contributed by atoms with Crippen LogP contribution < -0.4 is 0 Å². The van der Waals surface area contributed by atoms with Crippen LogP contribution in [0.25, 0.3) is 0 Å². The Labute approximate surface area is 65.4 Å². The molecule has 0 aliphatic heterocycles. The average molecular weight is 184 g/mol. The highest BCUT2D eigenvalue weighted by Crippen LogP contribution is 2.03. The minimum absolute atomic E-state index is 0.177. The van der Waals surface area contributed by atoms with Crippen molar-refractivity contribution >= 4 is 10.1 Å². The van der Waals surface area contributed by atoms with E-state index in [0.29, 0.717) is 0 Å². The molecule has 0 spiro atoms.